The Bertz CT molecular complexity index is 599. The van der Waals surface area contributed by atoms with Gasteiger partial charge in [-0.05, 0) is 18.2 Å². The van der Waals surface area contributed by atoms with Crippen LogP contribution in [0.1, 0.15) is 0 Å². The van der Waals surface area contributed by atoms with Gasteiger partial charge in [0.05, 0.1) is 19.8 Å². The minimum Gasteiger partial charge on any atom is -0.491 e. The molecular weight excluding hydrogens is 258 g/mol. The highest BCUT2D eigenvalue weighted by Crippen LogP contribution is 2.32. The number of morpholine rings is 1. The van der Waals surface area contributed by atoms with Gasteiger partial charge in [0.15, 0.2) is 0 Å². The van der Waals surface area contributed by atoms with E-state index in [4.69, 9.17) is 18.6 Å². The summed E-state index contributed by atoms with van der Waals surface area (Å²) < 4.78 is 22.0. The molecule has 2 aliphatic rings. The van der Waals surface area contributed by atoms with Gasteiger partial charge in [-0.15, -0.1) is 0 Å². The molecule has 1 aromatic carbocycles. The first-order valence-corrected chi connectivity index (χ1v) is 6.98. The maximum absolute atomic E-state index is 5.74. The largest absolute Gasteiger partial charge is 0.491 e. The summed E-state index contributed by atoms with van der Waals surface area (Å²) in [5.41, 5.74) is 0. The molecule has 5 heteroatoms. The molecule has 4 rings (SSSR count). The summed E-state index contributed by atoms with van der Waals surface area (Å²) in [7, 11) is 0. The smallest absolute Gasteiger partial charge is 0.203 e. The van der Waals surface area contributed by atoms with Gasteiger partial charge in [-0.25, -0.2) is 0 Å². The molecule has 106 valence electrons. The van der Waals surface area contributed by atoms with Gasteiger partial charge >= 0.3 is 0 Å². The molecule has 5 nitrogen and oxygen atoms in total. The predicted molar refractivity (Wildman–Crippen MR) is 74.5 cm³/mol. The number of epoxide rings is 1. The Balaban J connectivity index is 1.60. The van der Waals surface area contributed by atoms with Crippen LogP contribution in [0.15, 0.2) is 28.9 Å². The monoisotopic (exact) mass is 275 g/mol. The Kier molecular flexibility index (Phi) is 3.01. The summed E-state index contributed by atoms with van der Waals surface area (Å²) >= 11 is 0. The van der Waals surface area contributed by atoms with Gasteiger partial charge in [-0.2, -0.15) is 0 Å². The van der Waals surface area contributed by atoms with E-state index in [0.29, 0.717) is 6.61 Å². The van der Waals surface area contributed by atoms with Crippen molar-refractivity contribution in [2.45, 2.75) is 6.10 Å². The average molecular weight is 275 g/mol. The fourth-order valence-electron chi connectivity index (χ4n) is 2.46. The molecule has 1 atom stereocenters. The van der Waals surface area contributed by atoms with Crippen molar-refractivity contribution in [3.63, 3.8) is 0 Å². The van der Waals surface area contributed by atoms with E-state index in [9.17, 15) is 0 Å². The molecule has 2 aliphatic heterocycles. The van der Waals surface area contributed by atoms with E-state index in [1.165, 1.54) is 0 Å². The molecule has 1 aromatic heterocycles. The van der Waals surface area contributed by atoms with E-state index < -0.39 is 0 Å². The molecule has 0 amide bonds. The van der Waals surface area contributed by atoms with Gasteiger partial charge in [0.1, 0.15) is 24.7 Å². The van der Waals surface area contributed by atoms with E-state index in [1.54, 1.807) is 6.26 Å². The lowest BCUT2D eigenvalue weighted by atomic mass is 10.2. The zero-order valence-corrected chi connectivity index (χ0v) is 11.2. The quantitative estimate of drug-likeness (QED) is 0.799. The number of furan rings is 1. The Morgan fingerprint density at radius 1 is 1.25 bits per heavy atom. The number of fused-ring (bicyclic) bond motifs is 1. The Hall–Kier alpha value is -1.72. The molecule has 1 unspecified atom stereocenters. The highest BCUT2D eigenvalue weighted by molar-refractivity contribution is 5.93. The lowest BCUT2D eigenvalue weighted by Crippen LogP contribution is -2.36. The minimum atomic E-state index is 0.272. The molecule has 0 aliphatic carbocycles. The maximum Gasteiger partial charge on any atom is 0.203 e. The van der Waals surface area contributed by atoms with Gasteiger partial charge in [0, 0.05) is 23.9 Å². The SMILES string of the molecule is c1cc2coc(N3CCOCC3)c2cc1OCC1CO1. The first kappa shape index (κ1) is 12.1. The number of hydrogen-bond acceptors (Lipinski definition) is 5. The number of rotatable bonds is 4. The van der Waals surface area contributed by atoms with Crippen LogP contribution in [0.25, 0.3) is 10.8 Å². The van der Waals surface area contributed by atoms with Crippen LogP contribution >= 0.6 is 0 Å². The lowest BCUT2D eigenvalue weighted by Gasteiger charge is -2.26. The van der Waals surface area contributed by atoms with Crippen LogP contribution in [-0.2, 0) is 9.47 Å². The normalized spacial score (nSPS) is 22.2. The number of ether oxygens (including phenoxy) is 3. The average Bonchev–Trinajstić information content (AvgIpc) is 3.24. The van der Waals surface area contributed by atoms with Crippen molar-refractivity contribution < 1.29 is 18.6 Å². The first-order chi connectivity index (χ1) is 9.90. The Morgan fingerprint density at radius 2 is 2.10 bits per heavy atom. The topological polar surface area (TPSA) is 47.4 Å². The van der Waals surface area contributed by atoms with Crippen LogP contribution in [0.4, 0.5) is 5.88 Å². The summed E-state index contributed by atoms with van der Waals surface area (Å²) in [5.74, 6) is 1.78. The summed E-state index contributed by atoms with van der Waals surface area (Å²) in [6.45, 7) is 4.66. The molecule has 0 spiro atoms. The molecular formula is C15H17NO4. The van der Waals surface area contributed by atoms with Crippen molar-refractivity contribution in [1.82, 2.24) is 0 Å². The van der Waals surface area contributed by atoms with Crippen LogP contribution in [0.3, 0.4) is 0 Å². The summed E-state index contributed by atoms with van der Waals surface area (Å²) in [4.78, 5) is 2.22. The molecule has 0 radical (unpaired) electrons. The van der Waals surface area contributed by atoms with Crippen molar-refractivity contribution in [1.29, 1.82) is 0 Å². The van der Waals surface area contributed by atoms with Gasteiger partial charge in [0.2, 0.25) is 5.88 Å². The van der Waals surface area contributed by atoms with E-state index in [-0.39, 0.29) is 6.10 Å². The van der Waals surface area contributed by atoms with Gasteiger partial charge in [-0.1, -0.05) is 0 Å². The van der Waals surface area contributed by atoms with Gasteiger partial charge in [0.25, 0.3) is 0 Å². The van der Waals surface area contributed by atoms with E-state index >= 15 is 0 Å². The molecule has 20 heavy (non-hydrogen) atoms. The molecule has 3 heterocycles. The number of anilines is 1. The molecule has 0 saturated carbocycles. The van der Waals surface area contributed by atoms with E-state index in [0.717, 1.165) is 55.3 Å². The second-order valence-electron chi connectivity index (χ2n) is 5.16. The van der Waals surface area contributed by atoms with Crippen molar-refractivity contribution in [3.8, 4) is 5.75 Å². The molecule has 0 N–H and O–H groups in total. The van der Waals surface area contributed by atoms with Crippen LogP contribution < -0.4 is 9.64 Å². The molecule has 0 bridgehead atoms. The predicted octanol–water partition coefficient (Wildman–Crippen LogP) is 2.05. The van der Waals surface area contributed by atoms with Crippen molar-refractivity contribution in [2.24, 2.45) is 0 Å². The van der Waals surface area contributed by atoms with Crippen LogP contribution in [-0.4, -0.2) is 45.6 Å². The number of nitrogens with zero attached hydrogens (tertiary/aromatic N) is 1. The van der Waals surface area contributed by atoms with Crippen molar-refractivity contribution >= 4 is 16.7 Å². The second-order valence-corrected chi connectivity index (χ2v) is 5.16. The van der Waals surface area contributed by atoms with E-state index in [2.05, 4.69) is 4.90 Å². The molecule has 2 aromatic rings. The van der Waals surface area contributed by atoms with E-state index in [1.807, 2.05) is 18.2 Å². The third-order valence-corrected chi connectivity index (χ3v) is 3.69. The van der Waals surface area contributed by atoms with Crippen LogP contribution in [0.2, 0.25) is 0 Å². The molecule has 2 fully saturated rings. The maximum atomic E-state index is 5.74. The summed E-state index contributed by atoms with van der Waals surface area (Å²) in [5, 5.41) is 2.20. The first-order valence-electron chi connectivity index (χ1n) is 6.98. The third kappa shape index (κ3) is 2.34. The van der Waals surface area contributed by atoms with Gasteiger partial charge in [-0.3, -0.25) is 0 Å². The fraction of sp³-hybridized carbons (Fsp3) is 0.467. The molecule has 2 saturated heterocycles. The fourth-order valence-corrected chi connectivity index (χ4v) is 2.46. The highest BCUT2D eigenvalue weighted by Gasteiger charge is 2.23. The van der Waals surface area contributed by atoms with Crippen molar-refractivity contribution in [3.05, 3.63) is 24.5 Å². The summed E-state index contributed by atoms with van der Waals surface area (Å²) in [6, 6.07) is 6.06. The standard InChI is InChI=1S/C15H17NO4/c1-2-12(18-9-13-10-19-13)7-14-11(1)8-20-15(14)16-3-5-17-6-4-16/h1-2,7-8,13H,3-6,9-10H2. The van der Waals surface area contributed by atoms with Crippen LogP contribution in [0, 0.1) is 0 Å². The minimum absolute atomic E-state index is 0.272. The third-order valence-electron chi connectivity index (χ3n) is 3.69. The second kappa shape index (κ2) is 5.00. The summed E-state index contributed by atoms with van der Waals surface area (Å²) in [6.07, 6.45) is 2.07. The van der Waals surface area contributed by atoms with Crippen molar-refractivity contribution in [2.75, 3.05) is 44.4 Å². The lowest BCUT2D eigenvalue weighted by molar-refractivity contribution is 0.121. The highest BCUT2D eigenvalue weighted by atomic mass is 16.6. The van der Waals surface area contributed by atoms with Crippen LogP contribution in [0.5, 0.6) is 5.75 Å². The zero-order valence-electron chi connectivity index (χ0n) is 11.2. The van der Waals surface area contributed by atoms with Gasteiger partial charge < -0.3 is 23.5 Å². The number of hydrogen-bond donors (Lipinski definition) is 0. The Morgan fingerprint density at radius 3 is 2.90 bits per heavy atom. The number of benzene rings is 1. The Labute approximate surface area is 117 Å². The zero-order chi connectivity index (χ0) is 13.4.